The van der Waals surface area contributed by atoms with Gasteiger partial charge in [-0.05, 0) is 42.5 Å². The predicted molar refractivity (Wildman–Crippen MR) is 85.9 cm³/mol. The number of fused-ring (bicyclic) bond motifs is 1. The van der Waals surface area contributed by atoms with Crippen LogP contribution in [0.1, 0.15) is 21.6 Å². The molecule has 1 aromatic carbocycles. The molecule has 0 fully saturated rings. The first-order valence-electron chi connectivity index (χ1n) is 7.10. The Morgan fingerprint density at radius 3 is 2.46 bits per heavy atom. The SMILES string of the molecule is C=C1C=Cc2cc(C(=O)NC)[nH]c2N1c1ccc(C(F)(F)F)cc1. The van der Waals surface area contributed by atoms with E-state index in [0.29, 0.717) is 22.9 Å². The molecule has 4 nitrogen and oxygen atoms in total. The van der Waals surface area contributed by atoms with Crippen molar-refractivity contribution in [2.75, 3.05) is 11.9 Å². The summed E-state index contributed by atoms with van der Waals surface area (Å²) in [6.07, 6.45) is -0.857. The van der Waals surface area contributed by atoms with Crippen molar-refractivity contribution in [3.8, 4) is 0 Å². The molecule has 3 rings (SSSR count). The van der Waals surface area contributed by atoms with Crippen molar-refractivity contribution in [2.24, 2.45) is 0 Å². The standard InChI is InChI=1S/C17H14F3N3O/c1-10-3-4-11-9-14(16(24)21-2)22-15(11)23(10)13-7-5-12(6-8-13)17(18,19)20/h3-9,22H,1H2,2H3,(H,21,24). The minimum absolute atomic E-state index is 0.282. The van der Waals surface area contributed by atoms with E-state index in [1.165, 1.54) is 19.2 Å². The van der Waals surface area contributed by atoms with Crippen LogP contribution in [0.15, 0.2) is 48.7 Å². The third-order valence-electron chi connectivity index (χ3n) is 3.72. The lowest BCUT2D eigenvalue weighted by Gasteiger charge is -2.27. The molecule has 1 amide bonds. The van der Waals surface area contributed by atoms with E-state index in [1.54, 1.807) is 23.1 Å². The summed E-state index contributed by atoms with van der Waals surface area (Å²) in [5.74, 6) is 0.302. The number of hydrogen-bond donors (Lipinski definition) is 2. The van der Waals surface area contributed by atoms with Crippen LogP contribution in [0, 0.1) is 0 Å². The summed E-state index contributed by atoms with van der Waals surface area (Å²) in [5.41, 5.74) is 1.48. The molecule has 1 aliphatic rings. The van der Waals surface area contributed by atoms with Gasteiger partial charge in [-0.3, -0.25) is 9.69 Å². The summed E-state index contributed by atoms with van der Waals surface area (Å²) in [6.45, 7) is 3.91. The van der Waals surface area contributed by atoms with Crippen LogP contribution in [0.2, 0.25) is 0 Å². The number of anilines is 2. The highest BCUT2D eigenvalue weighted by Gasteiger charge is 2.30. The van der Waals surface area contributed by atoms with Crippen LogP contribution >= 0.6 is 0 Å². The molecule has 1 aromatic heterocycles. The fraction of sp³-hybridized carbons (Fsp3) is 0.118. The van der Waals surface area contributed by atoms with Crippen molar-refractivity contribution in [3.05, 3.63) is 65.5 Å². The summed E-state index contributed by atoms with van der Waals surface area (Å²) in [5, 5.41) is 2.52. The number of carbonyl (C=O) groups excluding carboxylic acids is 1. The summed E-state index contributed by atoms with van der Waals surface area (Å²) in [7, 11) is 1.52. The average Bonchev–Trinajstić information content (AvgIpc) is 2.97. The lowest BCUT2D eigenvalue weighted by molar-refractivity contribution is -0.137. The van der Waals surface area contributed by atoms with E-state index in [0.717, 1.165) is 17.7 Å². The normalized spacial score (nSPS) is 13.8. The van der Waals surface area contributed by atoms with Crippen molar-refractivity contribution in [1.82, 2.24) is 10.3 Å². The maximum absolute atomic E-state index is 12.7. The molecule has 24 heavy (non-hydrogen) atoms. The molecular weight excluding hydrogens is 319 g/mol. The third-order valence-corrected chi connectivity index (χ3v) is 3.72. The van der Waals surface area contributed by atoms with Crippen LogP contribution in [0.5, 0.6) is 0 Å². The van der Waals surface area contributed by atoms with Gasteiger partial charge < -0.3 is 10.3 Å². The van der Waals surface area contributed by atoms with Crippen molar-refractivity contribution in [2.45, 2.75) is 6.18 Å². The zero-order valence-electron chi connectivity index (χ0n) is 12.7. The largest absolute Gasteiger partial charge is 0.416 e. The van der Waals surface area contributed by atoms with Gasteiger partial charge in [0.05, 0.1) is 5.56 Å². The van der Waals surface area contributed by atoms with Gasteiger partial charge >= 0.3 is 6.18 Å². The minimum Gasteiger partial charge on any atom is -0.354 e. The lowest BCUT2D eigenvalue weighted by Crippen LogP contribution is -2.20. The first-order chi connectivity index (χ1) is 11.3. The van der Waals surface area contributed by atoms with Crippen LogP contribution in [-0.2, 0) is 6.18 Å². The lowest BCUT2D eigenvalue weighted by atomic mass is 10.1. The van der Waals surface area contributed by atoms with Gasteiger partial charge in [0.25, 0.3) is 5.91 Å². The summed E-state index contributed by atoms with van der Waals surface area (Å²) < 4.78 is 38.1. The van der Waals surface area contributed by atoms with Crippen molar-refractivity contribution in [1.29, 1.82) is 0 Å². The molecule has 7 heteroatoms. The maximum Gasteiger partial charge on any atom is 0.416 e. The predicted octanol–water partition coefficient (Wildman–Crippen LogP) is 4.07. The third kappa shape index (κ3) is 2.68. The first-order valence-corrected chi connectivity index (χ1v) is 7.10. The van der Waals surface area contributed by atoms with Gasteiger partial charge in [-0.15, -0.1) is 0 Å². The number of halogens is 3. The maximum atomic E-state index is 12.7. The monoisotopic (exact) mass is 333 g/mol. The topological polar surface area (TPSA) is 48.1 Å². The van der Waals surface area contributed by atoms with E-state index in [-0.39, 0.29) is 5.91 Å². The number of aromatic nitrogens is 1. The zero-order valence-corrected chi connectivity index (χ0v) is 12.7. The minimum atomic E-state index is -4.39. The fourth-order valence-electron chi connectivity index (χ4n) is 2.53. The highest BCUT2D eigenvalue weighted by Crippen LogP contribution is 2.38. The quantitative estimate of drug-likeness (QED) is 0.870. The molecule has 0 saturated heterocycles. The Labute approximate surface area is 136 Å². The number of alkyl halides is 3. The molecular formula is C17H14F3N3O. The van der Waals surface area contributed by atoms with Crippen LogP contribution < -0.4 is 10.2 Å². The Morgan fingerprint density at radius 1 is 1.21 bits per heavy atom. The number of carbonyl (C=O) groups is 1. The Bertz CT molecular complexity index is 832. The van der Waals surface area contributed by atoms with E-state index < -0.39 is 11.7 Å². The number of amides is 1. The van der Waals surface area contributed by atoms with Gasteiger partial charge in [0.2, 0.25) is 0 Å². The van der Waals surface area contributed by atoms with Crippen molar-refractivity contribution >= 4 is 23.5 Å². The summed E-state index contributed by atoms with van der Waals surface area (Å²) in [6, 6.07) is 6.45. The number of H-pyrrole nitrogens is 1. The fourth-order valence-corrected chi connectivity index (χ4v) is 2.53. The average molecular weight is 333 g/mol. The van der Waals surface area contributed by atoms with Gasteiger partial charge in [0.15, 0.2) is 0 Å². The molecule has 0 radical (unpaired) electrons. The van der Waals surface area contributed by atoms with Gasteiger partial charge in [-0.25, -0.2) is 0 Å². The number of nitrogens with zero attached hydrogens (tertiary/aromatic N) is 1. The zero-order chi connectivity index (χ0) is 17.5. The van der Waals surface area contributed by atoms with E-state index in [1.807, 2.05) is 0 Å². The molecule has 124 valence electrons. The number of aromatic amines is 1. The number of nitrogens with one attached hydrogen (secondary N) is 2. The molecule has 2 N–H and O–H groups in total. The molecule has 1 aliphatic heterocycles. The van der Waals surface area contributed by atoms with E-state index >= 15 is 0 Å². The second-order valence-corrected chi connectivity index (χ2v) is 5.27. The number of hydrogen-bond acceptors (Lipinski definition) is 2. The molecule has 0 aliphatic carbocycles. The molecule has 0 bridgehead atoms. The van der Waals surface area contributed by atoms with E-state index in [2.05, 4.69) is 16.9 Å². The number of allylic oxidation sites excluding steroid dienone is 1. The summed E-state index contributed by atoms with van der Waals surface area (Å²) in [4.78, 5) is 16.4. The van der Waals surface area contributed by atoms with Gasteiger partial charge in [0, 0.05) is 24.0 Å². The number of rotatable bonds is 2. The molecule has 0 spiro atoms. The Morgan fingerprint density at radius 2 is 1.88 bits per heavy atom. The second kappa shape index (κ2) is 5.59. The van der Waals surface area contributed by atoms with Crippen molar-refractivity contribution < 1.29 is 18.0 Å². The van der Waals surface area contributed by atoms with Crippen LogP contribution in [0.25, 0.3) is 6.08 Å². The van der Waals surface area contributed by atoms with Crippen LogP contribution in [-0.4, -0.2) is 17.9 Å². The Kier molecular flexibility index (Phi) is 3.71. The molecule has 0 unspecified atom stereocenters. The van der Waals surface area contributed by atoms with Gasteiger partial charge in [-0.1, -0.05) is 6.58 Å². The smallest absolute Gasteiger partial charge is 0.354 e. The van der Waals surface area contributed by atoms with Gasteiger partial charge in [0.1, 0.15) is 11.5 Å². The first kappa shape index (κ1) is 15.9. The Balaban J connectivity index is 2.02. The van der Waals surface area contributed by atoms with Crippen molar-refractivity contribution in [3.63, 3.8) is 0 Å². The molecule has 0 saturated carbocycles. The Hall–Kier alpha value is -2.96. The number of benzene rings is 1. The van der Waals surface area contributed by atoms with Gasteiger partial charge in [-0.2, -0.15) is 13.2 Å². The molecule has 2 aromatic rings. The highest BCUT2D eigenvalue weighted by atomic mass is 19.4. The van der Waals surface area contributed by atoms with Crippen LogP contribution in [0.3, 0.4) is 0 Å². The second-order valence-electron chi connectivity index (χ2n) is 5.27. The highest BCUT2D eigenvalue weighted by molar-refractivity contribution is 5.95. The summed E-state index contributed by atoms with van der Waals surface area (Å²) >= 11 is 0. The molecule has 2 heterocycles. The van der Waals surface area contributed by atoms with Crippen LogP contribution in [0.4, 0.5) is 24.7 Å². The van der Waals surface area contributed by atoms with E-state index in [9.17, 15) is 18.0 Å². The molecule has 0 atom stereocenters. The van der Waals surface area contributed by atoms with E-state index in [4.69, 9.17) is 0 Å².